The minimum atomic E-state index is -0.555. The summed E-state index contributed by atoms with van der Waals surface area (Å²) in [6.07, 6.45) is 0. The van der Waals surface area contributed by atoms with Gasteiger partial charge in [-0.3, -0.25) is 0 Å². The summed E-state index contributed by atoms with van der Waals surface area (Å²) in [6, 6.07) is 15.2. The van der Waals surface area contributed by atoms with Crippen LogP contribution in [0, 0.1) is 0 Å². The zero-order chi connectivity index (χ0) is 18.5. The lowest BCUT2D eigenvalue weighted by molar-refractivity contribution is 0.0726. The van der Waals surface area contributed by atoms with Crippen molar-refractivity contribution in [3.05, 3.63) is 65.2 Å². The van der Waals surface area contributed by atoms with Gasteiger partial charge in [0.05, 0.1) is 25.5 Å². The summed E-state index contributed by atoms with van der Waals surface area (Å²) in [7, 11) is 3.13. The Morgan fingerprint density at radius 2 is 1.73 bits per heavy atom. The zero-order valence-corrected chi connectivity index (χ0v) is 14.9. The number of benzene rings is 2. The molecular weight excluding hydrogens is 356 g/mol. The molecule has 0 saturated heterocycles. The van der Waals surface area contributed by atoms with Gasteiger partial charge in [-0.1, -0.05) is 17.7 Å². The van der Waals surface area contributed by atoms with E-state index in [1.807, 2.05) is 6.07 Å². The maximum absolute atomic E-state index is 12.1. The summed E-state index contributed by atoms with van der Waals surface area (Å²) >= 11 is 5.87. The molecule has 0 amide bonds. The Morgan fingerprint density at radius 1 is 0.923 bits per heavy atom. The number of halogens is 1. The molecule has 3 aromatic rings. The number of nitrogens with zero attached hydrogens (tertiary/aromatic N) is 2. The van der Waals surface area contributed by atoms with Gasteiger partial charge in [0.15, 0.2) is 11.5 Å². The van der Waals surface area contributed by atoms with Crippen molar-refractivity contribution in [3.8, 4) is 28.6 Å². The molecule has 1 aromatic heterocycles. The molecule has 0 aliphatic carbocycles. The van der Waals surface area contributed by atoms with Gasteiger partial charge in [0, 0.05) is 16.7 Å². The van der Waals surface area contributed by atoms with Crippen molar-refractivity contribution in [1.82, 2.24) is 10.2 Å². The van der Waals surface area contributed by atoms with Crippen LogP contribution in [0.2, 0.25) is 5.02 Å². The van der Waals surface area contributed by atoms with E-state index in [4.69, 9.17) is 25.8 Å². The van der Waals surface area contributed by atoms with Crippen LogP contribution in [-0.2, 0) is 0 Å². The van der Waals surface area contributed by atoms with Crippen LogP contribution in [0.4, 0.5) is 0 Å². The van der Waals surface area contributed by atoms with Gasteiger partial charge < -0.3 is 14.2 Å². The molecule has 0 radical (unpaired) electrons. The molecule has 0 saturated carbocycles. The van der Waals surface area contributed by atoms with Crippen LogP contribution in [0.5, 0.6) is 17.4 Å². The monoisotopic (exact) mass is 370 g/mol. The first-order valence-electron chi connectivity index (χ1n) is 7.64. The molecule has 3 rings (SSSR count). The molecule has 0 N–H and O–H groups in total. The van der Waals surface area contributed by atoms with Gasteiger partial charge in [-0.05, 0) is 42.5 Å². The Labute approximate surface area is 155 Å². The van der Waals surface area contributed by atoms with Crippen LogP contribution in [0.1, 0.15) is 10.4 Å². The SMILES string of the molecule is COc1ccc(-c2ccc(OC(=O)c3cccc(Cl)c3)nn2)cc1OC. The number of hydrogen-bond acceptors (Lipinski definition) is 6. The maximum Gasteiger partial charge on any atom is 0.344 e. The lowest BCUT2D eigenvalue weighted by Crippen LogP contribution is -2.09. The van der Waals surface area contributed by atoms with Gasteiger partial charge >= 0.3 is 5.97 Å². The van der Waals surface area contributed by atoms with Gasteiger partial charge in [-0.25, -0.2) is 4.79 Å². The molecule has 132 valence electrons. The van der Waals surface area contributed by atoms with Crippen molar-refractivity contribution in [2.75, 3.05) is 14.2 Å². The third-order valence-electron chi connectivity index (χ3n) is 3.58. The van der Waals surface area contributed by atoms with Crippen molar-refractivity contribution >= 4 is 17.6 Å². The highest BCUT2D eigenvalue weighted by Gasteiger charge is 2.12. The second-order valence-corrected chi connectivity index (χ2v) is 5.66. The first-order valence-corrected chi connectivity index (χ1v) is 8.02. The van der Waals surface area contributed by atoms with E-state index in [9.17, 15) is 4.79 Å². The lowest BCUT2D eigenvalue weighted by atomic mass is 10.1. The first kappa shape index (κ1) is 17.7. The minimum Gasteiger partial charge on any atom is -0.493 e. The molecule has 0 aliphatic rings. The van der Waals surface area contributed by atoms with Crippen molar-refractivity contribution in [2.45, 2.75) is 0 Å². The summed E-state index contributed by atoms with van der Waals surface area (Å²) in [5.74, 6) is 0.749. The number of carbonyl (C=O) groups excluding carboxylic acids is 1. The number of esters is 1. The Kier molecular flexibility index (Phi) is 5.34. The van der Waals surface area contributed by atoms with Crippen LogP contribution in [-0.4, -0.2) is 30.4 Å². The van der Waals surface area contributed by atoms with Crippen LogP contribution < -0.4 is 14.2 Å². The van der Waals surface area contributed by atoms with E-state index in [1.54, 1.807) is 56.7 Å². The average molecular weight is 371 g/mol. The fraction of sp³-hybridized carbons (Fsp3) is 0.105. The van der Waals surface area contributed by atoms with Gasteiger partial charge in [0.1, 0.15) is 0 Å². The lowest BCUT2D eigenvalue weighted by Gasteiger charge is -2.09. The first-order chi connectivity index (χ1) is 12.6. The highest BCUT2D eigenvalue weighted by molar-refractivity contribution is 6.30. The largest absolute Gasteiger partial charge is 0.493 e. The Bertz CT molecular complexity index is 929. The van der Waals surface area contributed by atoms with Gasteiger partial charge in [-0.2, -0.15) is 0 Å². The summed E-state index contributed by atoms with van der Waals surface area (Å²) in [6.45, 7) is 0. The van der Waals surface area contributed by atoms with Crippen molar-refractivity contribution in [2.24, 2.45) is 0 Å². The number of aromatic nitrogens is 2. The van der Waals surface area contributed by atoms with E-state index < -0.39 is 5.97 Å². The summed E-state index contributed by atoms with van der Waals surface area (Å²) in [4.78, 5) is 12.1. The number of hydrogen-bond donors (Lipinski definition) is 0. The number of ether oxygens (including phenoxy) is 3. The fourth-order valence-corrected chi connectivity index (χ4v) is 2.48. The molecule has 0 fully saturated rings. The van der Waals surface area contributed by atoms with E-state index in [1.165, 1.54) is 6.07 Å². The van der Waals surface area contributed by atoms with Crippen molar-refractivity contribution in [1.29, 1.82) is 0 Å². The van der Waals surface area contributed by atoms with Gasteiger partial charge in [0.25, 0.3) is 0 Å². The minimum absolute atomic E-state index is 0.0965. The van der Waals surface area contributed by atoms with E-state index in [-0.39, 0.29) is 5.88 Å². The highest BCUT2D eigenvalue weighted by atomic mass is 35.5. The Hall–Kier alpha value is -3.12. The normalized spacial score (nSPS) is 10.3. The number of rotatable bonds is 5. The molecule has 6 nitrogen and oxygen atoms in total. The predicted octanol–water partition coefficient (Wildman–Crippen LogP) is 4.03. The maximum atomic E-state index is 12.1. The quantitative estimate of drug-likeness (QED) is 0.631. The molecule has 0 spiro atoms. The molecule has 26 heavy (non-hydrogen) atoms. The van der Waals surface area contributed by atoms with Crippen LogP contribution in [0.25, 0.3) is 11.3 Å². The van der Waals surface area contributed by atoms with Gasteiger partial charge in [-0.15, -0.1) is 10.2 Å². The van der Waals surface area contributed by atoms with Crippen molar-refractivity contribution < 1.29 is 19.0 Å². The molecule has 1 heterocycles. The average Bonchev–Trinajstić information content (AvgIpc) is 2.68. The van der Waals surface area contributed by atoms with Crippen molar-refractivity contribution in [3.63, 3.8) is 0 Å². The molecule has 0 bridgehead atoms. The summed E-state index contributed by atoms with van der Waals surface area (Å²) < 4.78 is 15.7. The molecular formula is C19H15ClN2O4. The fourth-order valence-electron chi connectivity index (χ4n) is 2.29. The second kappa shape index (κ2) is 7.84. The Morgan fingerprint density at radius 3 is 2.38 bits per heavy atom. The van der Waals surface area contributed by atoms with Crippen LogP contribution in [0.15, 0.2) is 54.6 Å². The zero-order valence-electron chi connectivity index (χ0n) is 14.1. The highest BCUT2D eigenvalue weighted by Crippen LogP contribution is 2.31. The van der Waals surface area contributed by atoms with Crippen LogP contribution >= 0.6 is 11.6 Å². The molecule has 7 heteroatoms. The van der Waals surface area contributed by atoms with E-state index in [2.05, 4.69) is 10.2 Å². The smallest absolute Gasteiger partial charge is 0.344 e. The molecule has 0 aliphatic heterocycles. The van der Waals surface area contributed by atoms with Crippen LogP contribution in [0.3, 0.4) is 0 Å². The molecule has 0 unspecified atom stereocenters. The number of carbonyl (C=O) groups is 1. The van der Waals surface area contributed by atoms with E-state index >= 15 is 0 Å². The van der Waals surface area contributed by atoms with Gasteiger partial charge in [0.2, 0.25) is 5.88 Å². The third kappa shape index (κ3) is 3.92. The third-order valence-corrected chi connectivity index (χ3v) is 3.81. The van der Waals surface area contributed by atoms with E-state index in [0.29, 0.717) is 27.8 Å². The predicted molar refractivity (Wildman–Crippen MR) is 97.0 cm³/mol. The van der Waals surface area contributed by atoms with E-state index in [0.717, 1.165) is 5.56 Å². The topological polar surface area (TPSA) is 70.5 Å². The molecule has 0 atom stereocenters. The number of methoxy groups -OCH3 is 2. The molecule has 2 aromatic carbocycles. The Balaban J connectivity index is 1.77. The second-order valence-electron chi connectivity index (χ2n) is 5.23. The standard InChI is InChI=1S/C19H15ClN2O4/c1-24-16-8-6-12(11-17(16)25-2)15-7-9-18(22-21-15)26-19(23)13-4-3-5-14(20)10-13/h3-11H,1-2H3. The summed E-state index contributed by atoms with van der Waals surface area (Å²) in [5, 5.41) is 8.49. The summed E-state index contributed by atoms with van der Waals surface area (Å²) in [5.41, 5.74) is 1.74.